The van der Waals surface area contributed by atoms with Crippen LogP contribution in [0.3, 0.4) is 0 Å². The fraction of sp³-hybridized carbons (Fsp3) is 0.828. The number of hydrogen-bond donors (Lipinski definition) is 0. The van der Waals surface area contributed by atoms with Crippen LogP contribution in [0, 0.1) is 0 Å². The topological polar surface area (TPSA) is 70.5 Å². The largest absolute Gasteiger partial charge is 0.475 e. The number of methoxy groups -OCH3 is 1. The molecule has 0 bridgehead atoms. The maximum atomic E-state index is 11.6. The molecule has 2 heterocycles. The second kappa shape index (κ2) is 26.0. The van der Waals surface area contributed by atoms with Gasteiger partial charge in [0.15, 0.2) is 0 Å². The smallest absolute Gasteiger partial charge is 0.408 e. The van der Waals surface area contributed by atoms with Gasteiger partial charge in [-0.1, -0.05) is 92.6 Å². The summed E-state index contributed by atoms with van der Waals surface area (Å²) in [5, 5.41) is 0. The molecule has 1 aliphatic rings. The van der Waals surface area contributed by atoms with Crippen LogP contribution in [0.1, 0.15) is 118 Å². The van der Waals surface area contributed by atoms with Crippen molar-refractivity contribution in [2.75, 3.05) is 41.0 Å². The Morgan fingerprint density at radius 1 is 1.00 bits per heavy atom. The van der Waals surface area contributed by atoms with Crippen molar-refractivity contribution in [2.24, 2.45) is 0 Å². The number of ether oxygens (including phenoxy) is 3. The minimum Gasteiger partial charge on any atom is -0.475 e. The number of halogens is 1. The van der Waals surface area contributed by atoms with Crippen LogP contribution >= 0.6 is 23.3 Å². The molecule has 9 heteroatoms. The Morgan fingerprint density at radius 3 is 2.16 bits per heavy atom. The van der Waals surface area contributed by atoms with Crippen molar-refractivity contribution in [3.05, 3.63) is 11.8 Å². The number of unbranched alkanes of at least 4 members (excludes halogenated alkanes) is 7. The molecular formula is C29H57ClN3O4S+. The summed E-state index contributed by atoms with van der Waals surface area (Å²) in [5.74, 6) is 0.631. The third kappa shape index (κ3) is 16.7. The standard InChI is InChI=1S/C23H39ClN3O3S.C2H6O.2C2H6/c1-4-6-8-10-11-15-20(30-23(24)28)27(3)16-13-14-19(18-27)21-22(26-31-25-21)29-17-12-9-7-5-2;1-3-2;2*1-2/h14,20H,4-13,15-18H2,1-3H3;1-2H3;2*1-2H3/q+1;;;. The van der Waals surface area contributed by atoms with Crippen molar-refractivity contribution < 1.29 is 23.5 Å². The first kappa shape index (κ1) is 38.9. The fourth-order valence-corrected chi connectivity index (χ4v) is 4.81. The molecule has 1 aromatic heterocycles. The fourth-order valence-electron chi connectivity index (χ4n) is 4.18. The lowest BCUT2D eigenvalue weighted by Gasteiger charge is -2.42. The highest BCUT2D eigenvalue weighted by Gasteiger charge is 2.39. The molecule has 224 valence electrons. The quantitative estimate of drug-likeness (QED) is 0.117. The van der Waals surface area contributed by atoms with E-state index in [-0.39, 0.29) is 6.23 Å². The van der Waals surface area contributed by atoms with Gasteiger partial charge >= 0.3 is 5.43 Å². The van der Waals surface area contributed by atoms with Gasteiger partial charge in [-0.05, 0) is 12.8 Å². The zero-order chi connectivity index (χ0) is 29.2. The summed E-state index contributed by atoms with van der Waals surface area (Å²) < 4.78 is 25.3. The van der Waals surface area contributed by atoms with Crippen LogP contribution in [0.15, 0.2) is 6.08 Å². The van der Waals surface area contributed by atoms with Crippen LogP contribution in [0.2, 0.25) is 0 Å². The van der Waals surface area contributed by atoms with E-state index in [1.165, 1.54) is 50.3 Å². The summed E-state index contributed by atoms with van der Waals surface area (Å²) in [6, 6.07) is 0. The Hall–Kier alpha value is -1.22. The lowest BCUT2D eigenvalue weighted by Crippen LogP contribution is -2.56. The SMILES string of the molecule is CC.CC.CCCCCCCC(OC(=O)Cl)[N+]1(C)CCC=C(c2nsnc2OCCCCCC)C1.COC. The van der Waals surface area contributed by atoms with Crippen molar-refractivity contribution in [3.63, 3.8) is 0 Å². The van der Waals surface area contributed by atoms with Crippen molar-refractivity contribution in [1.29, 1.82) is 0 Å². The molecule has 0 aliphatic carbocycles. The molecule has 0 saturated carbocycles. The molecule has 0 saturated heterocycles. The van der Waals surface area contributed by atoms with Gasteiger partial charge in [-0.25, -0.2) is 4.79 Å². The van der Waals surface area contributed by atoms with E-state index in [1.54, 1.807) is 14.2 Å². The Balaban J connectivity index is 0. The highest BCUT2D eigenvalue weighted by atomic mass is 35.5. The summed E-state index contributed by atoms with van der Waals surface area (Å²) in [7, 11) is 5.40. The predicted molar refractivity (Wildman–Crippen MR) is 163 cm³/mol. The molecule has 0 fully saturated rings. The van der Waals surface area contributed by atoms with Crippen molar-refractivity contribution in [2.45, 2.75) is 118 Å². The summed E-state index contributed by atoms with van der Waals surface area (Å²) >= 11 is 6.83. The molecule has 0 amide bonds. The zero-order valence-electron chi connectivity index (χ0n) is 25.8. The van der Waals surface area contributed by atoms with Crippen LogP contribution in [-0.4, -0.2) is 65.9 Å². The van der Waals surface area contributed by atoms with E-state index >= 15 is 0 Å². The van der Waals surface area contributed by atoms with Gasteiger partial charge in [-0.2, -0.15) is 4.37 Å². The number of rotatable bonds is 15. The van der Waals surface area contributed by atoms with Gasteiger partial charge in [0.1, 0.15) is 12.2 Å². The molecule has 0 aromatic carbocycles. The molecule has 2 rings (SSSR count). The van der Waals surface area contributed by atoms with E-state index in [0.29, 0.717) is 17.0 Å². The Kier molecular flexibility index (Phi) is 26.7. The molecule has 0 N–H and O–H groups in total. The first-order chi connectivity index (χ1) is 18.4. The van der Waals surface area contributed by atoms with Gasteiger partial charge in [0.05, 0.1) is 31.9 Å². The number of hydrogen-bond acceptors (Lipinski definition) is 7. The third-order valence-electron chi connectivity index (χ3n) is 6.04. The molecule has 1 aliphatic heterocycles. The van der Waals surface area contributed by atoms with Gasteiger partial charge in [0.2, 0.25) is 6.23 Å². The van der Waals surface area contributed by atoms with Crippen LogP contribution in [-0.2, 0) is 9.47 Å². The maximum Gasteiger partial charge on any atom is 0.408 e. The second-order valence-electron chi connectivity index (χ2n) is 9.13. The molecule has 2 unspecified atom stereocenters. The van der Waals surface area contributed by atoms with E-state index in [0.717, 1.165) is 56.5 Å². The monoisotopic (exact) mass is 578 g/mol. The number of nitrogens with zero attached hydrogens (tertiary/aromatic N) is 3. The maximum absolute atomic E-state index is 11.6. The number of carbonyl (C=O) groups excluding carboxylic acids is 1. The average molecular weight is 579 g/mol. The lowest BCUT2D eigenvalue weighted by molar-refractivity contribution is -0.946. The van der Waals surface area contributed by atoms with Crippen LogP contribution < -0.4 is 4.74 Å². The van der Waals surface area contributed by atoms with E-state index in [2.05, 4.69) is 40.5 Å². The molecular weight excluding hydrogens is 522 g/mol. The van der Waals surface area contributed by atoms with Crippen molar-refractivity contribution in [1.82, 2.24) is 8.75 Å². The third-order valence-corrected chi connectivity index (χ3v) is 6.64. The minimum absolute atomic E-state index is 0.250. The first-order valence-electron chi connectivity index (χ1n) is 14.7. The predicted octanol–water partition coefficient (Wildman–Crippen LogP) is 9.11. The minimum atomic E-state index is -0.722. The summed E-state index contributed by atoms with van der Waals surface area (Å²) in [6.07, 6.45) is 14.2. The second-order valence-corrected chi connectivity index (χ2v) is 9.96. The Morgan fingerprint density at radius 2 is 1.58 bits per heavy atom. The highest BCUT2D eigenvalue weighted by molar-refractivity contribution is 6.99. The number of aromatic nitrogens is 2. The van der Waals surface area contributed by atoms with Gasteiger partial charge in [-0.15, -0.1) is 4.37 Å². The zero-order valence-corrected chi connectivity index (χ0v) is 27.4. The molecule has 0 spiro atoms. The lowest BCUT2D eigenvalue weighted by atomic mass is 10.0. The molecule has 1 aromatic rings. The first-order valence-corrected chi connectivity index (χ1v) is 15.8. The van der Waals surface area contributed by atoms with Crippen LogP contribution in [0.4, 0.5) is 4.79 Å². The highest BCUT2D eigenvalue weighted by Crippen LogP contribution is 2.33. The number of likely N-dealkylation sites (N-methyl/N-ethyl adjacent to an activating group) is 1. The summed E-state index contributed by atoms with van der Waals surface area (Å²) in [4.78, 5) is 11.6. The average Bonchev–Trinajstić information content (AvgIpc) is 3.39. The van der Waals surface area contributed by atoms with E-state index in [4.69, 9.17) is 21.1 Å². The van der Waals surface area contributed by atoms with Crippen LogP contribution in [0.5, 0.6) is 5.88 Å². The Bertz CT molecular complexity index is 718. The van der Waals surface area contributed by atoms with Crippen molar-refractivity contribution >= 4 is 34.3 Å². The van der Waals surface area contributed by atoms with Gasteiger partial charge in [0.25, 0.3) is 5.88 Å². The summed E-state index contributed by atoms with van der Waals surface area (Å²) in [6.45, 7) is 14.7. The number of carbonyl (C=O) groups is 1. The van der Waals surface area contributed by atoms with E-state index in [1.807, 2.05) is 27.7 Å². The molecule has 7 nitrogen and oxygen atoms in total. The Labute approximate surface area is 243 Å². The normalized spacial score (nSPS) is 16.8. The number of quaternary nitrogens is 1. The summed E-state index contributed by atoms with van der Waals surface area (Å²) in [5.41, 5.74) is 1.23. The molecule has 0 radical (unpaired) electrons. The van der Waals surface area contributed by atoms with E-state index < -0.39 is 5.43 Å². The van der Waals surface area contributed by atoms with Gasteiger partial charge in [-0.3, -0.25) is 4.48 Å². The van der Waals surface area contributed by atoms with Crippen molar-refractivity contribution in [3.8, 4) is 5.88 Å². The molecule has 38 heavy (non-hydrogen) atoms. The van der Waals surface area contributed by atoms with Gasteiger partial charge in [0, 0.05) is 44.2 Å². The van der Waals surface area contributed by atoms with Crippen LogP contribution in [0.25, 0.3) is 5.57 Å². The van der Waals surface area contributed by atoms with Gasteiger partial charge < -0.3 is 14.2 Å². The van der Waals surface area contributed by atoms with E-state index in [9.17, 15) is 4.79 Å². The molecule has 2 atom stereocenters.